The molecule has 0 radical (unpaired) electrons. The van der Waals surface area contributed by atoms with Crippen LogP contribution >= 0.6 is 12.2 Å². The smallest absolute Gasteiger partial charge is 0.343 e. The molecule has 0 aromatic rings. The molecule has 0 fully saturated rings. The van der Waals surface area contributed by atoms with E-state index in [1.54, 1.807) is 0 Å². The lowest BCUT2D eigenvalue weighted by molar-refractivity contribution is -0.140. The monoisotopic (exact) mass is 188 g/mol. The second-order valence-corrected chi connectivity index (χ2v) is 2.52. The lowest BCUT2D eigenvalue weighted by Crippen LogP contribution is -2.27. The number of hydrogen-bond donors (Lipinski definition) is 2. The minimum absolute atomic E-state index is 0.0421. The van der Waals surface area contributed by atoms with Crippen molar-refractivity contribution in [1.29, 1.82) is 0 Å². The lowest BCUT2D eigenvalue weighted by Gasteiger charge is -2.06. The summed E-state index contributed by atoms with van der Waals surface area (Å²) >= 11 is 4.41. The van der Waals surface area contributed by atoms with Gasteiger partial charge in [0.2, 0.25) is 0 Å². The highest BCUT2D eigenvalue weighted by Crippen LogP contribution is 2.07. The number of hydrogen-bond acceptors (Lipinski definition) is 3. The Balaban J connectivity index is 4.50. The van der Waals surface area contributed by atoms with E-state index in [1.807, 2.05) is 0 Å². The van der Waals surface area contributed by atoms with E-state index in [2.05, 4.69) is 18.8 Å². The van der Waals surface area contributed by atoms with Gasteiger partial charge in [0, 0.05) is 0 Å². The maximum absolute atomic E-state index is 10.4. The molecule has 0 aromatic carbocycles. The summed E-state index contributed by atoms with van der Waals surface area (Å²) < 4.78 is 0. The van der Waals surface area contributed by atoms with Crippen LogP contribution in [0.2, 0.25) is 0 Å². The van der Waals surface area contributed by atoms with Crippen molar-refractivity contribution in [1.82, 2.24) is 0 Å². The molecule has 4 nitrogen and oxygen atoms in total. The van der Waals surface area contributed by atoms with Crippen LogP contribution in [0.5, 0.6) is 0 Å². The van der Waals surface area contributed by atoms with Gasteiger partial charge < -0.3 is 10.2 Å². The van der Waals surface area contributed by atoms with Crippen molar-refractivity contribution in [2.45, 2.75) is 6.42 Å². The van der Waals surface area contributed by atoms with E-state index < -0.39 is 22.7 Å². The Kier molecular flexibility index (Phi) is 4.14. The van der Waals surface area contributed by atoms with Crippen molar-refractivity contribution >= 4 is 29.0 Å². The van der Waals surface area contributed by atoms with Gasteiger partial charge in [-0.1, -0.05) is 18.3 Å². The van der Waals surface area contributed by atoms with Crippen LogP contribution in [0.1, 0.15) is 6.42 Å². The zero-order chi connectivity index (χ0) is 9.72. The van der Waals surface area contributed by atoms with E-state index >= 15 is 0 Å². The summed E-state index contributed by atoms with van der Waals surface area (Å²) in [5, 5.41) is 16.9. The van der Waals surface area contributed by atoms with Crippen molar-refractivity contribution in [3.8, 4) is 0 Å². The molecule has 0 bridgehead atoms. The lowest BCUT2D eigenvalue weighted by atomic mass is 10.0. The predicted octanol–water partition coefficient (Wildman–Crippen LogP) is 0.718. The Morgan fingerprint density at radius 1 is 1.50 bits per heavy atom. The molecule has 5 heteroatoms. The fourth-order valence-corrected chi connectivity index (χ4v) is 0.833. The second-order valence-electron chi connectivity index (χ2n) is 2.08. The fraction of sp³-hybridized carbons (Fsp3) is 0.286. The maximum Gasteiger partial charge on any atom is 0.343 e. The number of carbonyl (C=O) groups is 2. The third kappa shape index (κ3) is 2.79. The highest BCUT2D eigenvalue weighted by molar-refractivity contribution is 7.82. The second kappa shape index (κ2) is 4.61. The molecule has 0 spiro atoms. The van der Waals surface area contributed by atoms with Gasteiger partial charge in [0.1, 0.15) is 10.8 Å². The minimum Gasteiger partial charge on any atom is -0.481 e. The Morgan fingerprint density at radius 2 is 2.00 bits per heavy atom. The average Bonchev–Trinajstić information content (AvgIpc) is 1.98. The summed E-state index contributed by atoms with van der Waals surface area (Å²) in [6.07, 6.45) is 1.37. The SMILES string of the molecule is C=CCC(C(=O)O)C(=S)C(=O)O. The van der Waals surface area contributed by atoms with Gasteiger partial charge in [-0.2, -0.15) is 0 Å². The Morgan fingerprint density at radius 3 is 2.25 bits per heavy atom. The molecule has 1 atom stereocenters. The summed E-state index contributed by atoms with van der Waals surface area (Å²) in [5.74, 6) is -3.74. The van der Waals surface area contributed by atoms with Crippen LogP contribution in [-0.4, -0.2) is 27.0 Å². The first-order valence-electron chi connectivity index (χ1n) is 3.11. The number of thiocarbonyl (C=S) groups is 1. The molecule has 0 saturated heterocycles. The Labute approximate surface area is 74.5 Å². The molecule has 0 aromatic heterocycles. The standard InChI is InChI=1S/C7H8O4S/c1-2-3-4(6(8)9)5(12)7(10)11/h2,4H,1,3H2,(H,8,9)(H,10,11). The molecule has 0 saturated carbocycles. The van der Waals surface area contributed by atoms with E-state index in [-0.39, 0.29) is 6.42 Å². The Hall–Kier alpha value is -1.23. The van der Waals surface area contributed by atoms with Gasteiger partial charge in [-0.3, -0.25) is 4.79 Å². The number of carboxylic acid groups (broad SMARTS) is 2. The van der Waals surface area contributed by atoms with Crippen LogP contribution in [0, 0.1) is 5.92 Å². The van der Waals surface area contributed by atoms with Gasteiger partial charge >= 0.3 is 11.9 Å². The van der Waals surface area contributed by atoms with Crippen LogP contribution in [-0.2, 0) is 9.59 Å². The van der Waals surface area contributed by atoms with E-state index in [0.717, 1.165) is 0 Å². The fourth-order valence-electron chi connectivity index (χ4n) is 0.636. The largest absolute Gasteiger partial charge is 0.481 e. The highest BCUT2D eigenvalue weighted by Gasteiger charge is 2.25. The van der Waals surface area contributed by atoms with Crippen LogP contribution in [0.3, 0.4) is 0 Å². The molecule has 0 aliphatic carbocycles. The molecule has 0 heterocycles. The van der Waals surface area contributed by atoms with Gasteiger partial charge in [-0.25, -0.2) is 4.79 Å². The molecule has 0 aliphatic heterocycles. The van der Waals surface area contributed by atoms with Crippen LogP contribution < -0.4 is 0 Å². The molecule has 0 amide bonds. The first kappa shape index (κ1) is 10.8. The van der Waals surface area contributed by atoms with Crippen molar-refractivity contribution in [2.75, 3.05) is 0 Å². The first-order valence-corrected chi connectivity index (χ1v) is 3.52. The Bertz CT molecular complexity index is 234. The molecular weight excluding hydrogens is 180 g/mol. The molecule has 0 rings (SSSR count). The molecule has 66 valence electrons. The van der Waals surface area contributed by atoms with Gasteiger partial charge in [0.05, 0.1) is 0 Å². The predicted molar refractivity (Wildman–Crippen MR) is 46.2 cm³/mol. The van der Waals surface area contributed by atoms with E-state index in [9.17, 15) is 9.59 Å². The average molecular weight is 188 g/mol. The van der Waals surface area contributed by atoms with Crippen molar-refractivity contribution < 1.29 is 19.8 Å². The molecular formula is C7H8O4S. The first-order chi connectivity index (χ1) is 5.50. The summed E-state index contributed by atoms with van der Waals surface area (Å²) in [6, 6.07) is 0. The van der Waals surface area contributed by atoms with Gasteiger partial charge in [0.25, 0.3) is 0 Å². The summed E-state index contributed by atoms with van der Waals surface area (Å²) in [5.41, 5.74) is 0. The van der Waals surface area contributed by atoms with Crippen LogP contribution in [0.4, 0.5) is 0 Å². The summed E-state index contributed by atoms with van der Waals surface area (Å²) in [6.45, 7) is 3.31. The topological polar surface area (TPSA) is 74.6 Å². The van der Waals surface area contributed by atoms with E-state index in [0.29, 0.717) is 0 Å². The van der Waals surface area contributed by atoms with Crippen molar-refractivity contribution in [3.05, 3.63) is 12.7 Å². The number of allylic oxidation sites excluding steroid dienone is 1. The highest BCUT2D eigenvalue weighted by atomic mass is 32.1. The molecule has 12 heavy (non-hydrogen) atoms. The van der Waals surface area contributed by atoms with E-state index in [4.69, 9.17) is 10.2 Å². The zero-order valence-corrected chi connectivity index (χ0v) is 7.00. The van der Waals surface area contributed by atoms with Crippen molar-refractivity contribution in [2.24, 2.45) is 5.92 Å². The maximum atomic E-state index is 10.4. The molecule has 2 N–H and O–H groups in total. The number of carboxylic acids is 2. The van der Waals surface area contributed by atoms with Gasteiger partial charge in [0.15, 0.2) is 0 Å². The third-order valence-corrected chi connectivity index (χ3v) is 1.69. The molecule has 1 unspecified atom stereocenters. The summed E-state index contributed by atoms with van der Waals surface area (Å²) in [4.78, 5) is 20.2. The van der Waals surface area contributed by atoms with Gasteiger partial charge in [-0.05, 0) is 6.42 Å². The zero-order valence-electron chi connectivity index (χ0n) is 6.19. The quantitative estimate of drug-likeness (QED) is 0.491. The third-order valence-electron chi connectivity index (χ3n) is 1.23. The van der Waals surface area contributed by atoms with Crippen LogP contribution in [0.25, 0.3) is 0 Å². The van der Waals surface area contributed by atoms with Crippen LogP contribution in [0.15, 0.2) is 12.7 Å². The van der Waals surface area contributed by atoms with Crippen molar-refractivity contribution in [3.63, 3.8) is 0 Å². The molecule has 0 aliphatic rings. The summed E-state index contributed by atoms with van der Waals surface area (Å²) in [7, 11) is 0. The van der Waals surface area contributed by atoms with Gasteiger partial charge in [-0.15, -0.1) is 6.58 Å². The normalized spacial score (nSPS) is 11.7. The number of rotatable bonds is 5. The number of aliphatic carboxylic acids is 2. The minimum atomic E-state index is -1.36. The van der Waals surface area contributed by atoms with E-state index in [1.165, 1.54) is 6.08 Å².